The standard InChI is InChI=1S/C22H15BrF4N2O4/c23-14-5-3-7-17(33-22(25,26)27)18(14)20(30)29-16-6-2-1-4-13(16)19(28-29)12-9-8-11(21(31)32)10-15(12)24/h3,5,7-10H,1-2,4,6H2,(H,31,32). The van der Waals surface area contributed by atoms with E-state index in [2.05, 4.69) is 25.8 Å². The fraction of sp³-hybridized carbons (Fsp3) is 0.227. The number of aromatic carboxylic acids is 1. The number of halogens is 5. The molecule has 0 aliphatic heterocycles. The van der Waals surface area contributed by atoms with Crippen molar-refractivity contribution in [3.05, 3.63) is 69.1 Å². The first-order valence-corrected chi connectivity index (χ1v) is 10.6. The van der Waals surface area contributed by atoms with Crippen molar-refractivity contribution >= 4 is 27.8 Å². The van der Waals surface area contributed by atoms with Crippen molar-refractivity contribution in [1.82, 2.24) is 9.78 Å². The number of carbonyl (C=O) groups is 2. The van der Waals surface area contributed by atoms with Gasteiger partial charge in [0.25, 0.3) is 5.91 Å². The second-order valence-corrected chi connectivity index (χ2v) is 8.21. The lowest BCUT2D eigenvalue weighted by molar-refractivity contribution is -0.274. The number of carboxylic acids is 1. The van der Waals surface area contributed by atoms with Gasteiger partial charge >= 0.3 is 12.3 Å². The van der Waals surface area contributed by atoms with Gasteiger partial charge in [0, 0.05) is 15.6 Å². The van der Waals surface area contributed by atoms with Gasteiger partial charge in [-0.1, -0.05) is 6.07 Å². The molecule has 0 atom stereocenters. The Hall–Kier alpha value is -3.21. The Morgan fingerprint density at radius 3 is 2.52 bits per heavy atom. The van der Waals surface area contributed by atoms with E-state index in [1.807, 2.05) is 0 Å². The van der Waals surface area contributed by atoms with Gasteiger partial charge in [-0.15, -0.1) is 13.2 Å². The molecular weight excluding hydrogens is 512 g/mol. The summed E-state index contributed by atoms with van der Waals surface area (Å²) < 4.78 is 58.6. The number of carbonyl (C=O) groups excluding carboxylic acids is 1. The monoisotopic (exact) mass is 526 g/mol. The van der Waals surface area contributed by atoms with E-state index in [9.17, 15) is 27.2 Å². The van der Waals surface area contributed by atoms with Crippen LogP contribution >= 0.6 is 15.9 Å². The highest BCUT2D eigenvalue weighted by Crippen LogP contribution is 2.36. The number of carboxylic acid groups (broad SMARTS) is 1. The third-order valence-electron chi connectivity index (χ3n) is 5.26. The van der Waals surface area contributed by atoms with Crippen molar-refractivity contribution in [2.24, 2.45) is 0 Å². The van der Waals surface area contributed by atoms with E-state index in [0.29, 0.717) is 30.5 Å². The van der Waals surface area contributed by atoms with E-state index >= 15 is 0 Å². The minimum atomic E-state index is -5.01. The summed E-state index contributed by atoms with van der Waals surface area (Å²) in [5, 5.41) is 13.3. The van der Waals surface area contributed by atoms with Gasteiger partial charge < -0.3 is 9.84 Å². The highest BCUT2D eigenvalue weighted by Gasteiger charge is 2.35. The zero-order chi connectivity index (χ0) is 23.9. The molecule has 0 saturated heterocycles. The molecule has 1 aliphatic carbocycles. The van der Waals surface area contributed by atoms with Gasteiger partial charge in [-0.2, -0.15) is 9.78 Å². The van der Waals surface area contributed by atoms with Crippen LogP contribution in [0.4, 0.5) is 17.6 Å². The zero-order valence-electron chi connectivity index (χ0n) is 16.7. The minimum absolute atomic E-state index is 0.00333. The Kier molecular flexibility index (Phi) is 6.00. The molecule has 11 heteroatoms. The maximum Gasteiger partial charge on any atom is 0.573 e. The molecule has 0 bridgehead atoms. The first-order chi connectivity index (χ1) is 15.6. The van der Waals surface area contributed by atoms with Crippen LogP contribution in [0.25, 0.3) is 11.3 Å². The summed E-state index contributed by atoms with van der Waals surface area (Å²) in [7, 11) is 0. The Morgan fingerprint density at radius 2 is 1.85 bits per heavy atom. The van der Waals surface area contributed by atoms with Gasteiger partial charge in [0.2, 0.25) is 0 Å². The van der Waals surface area contributed by atoms with Crippen LogP contribution in [0.2, 0.25) is 0 Å². The molecule has 3 aromatic rings. The number of fused-ring (bicyclic) bond motifs is 1. The molecule has 0 radical (unpaired) electrons. The summed E-state index contributed by atoms with van der Waals surface area (Å²) in [6.07, 6.45) is -2.64. The van der Waals surface area contributed by atoms with Crippen LogP contribution in [0, 0.1) is 5.82 Å². The Morgan fingerprint density at radius 1 is 1.12 bits per heavy atom. The van der Waals surface area contributed by atoms with E-state index in [0.717, 1.165) is 23.2 Å². The largest absolute Gasteiger partial charge is 0.573 e. The molecule has 33 heavy (non-hydrogen) atoms. The third kappa shape index (κ3) is 4.50. The fourth-order valence-electron chi connectivity index (χ4n) is 3.85. The molecule has 6 nitrogen and oxygen atoms in total. The number of rotatable bonds is 4. The van der Waals surface area contributed by atoms with Gasteiger partial charge in [-0.3, -0.25) is 4.79 Å². The maximum absolute atomic E-state index is 14.8. The number of alkyl halides is 3. The zero-order valence-corrected chi connectivity index (χ0v) is 18.3. The van der Waals surface area contributed by atoms with Gasteiger partial charge in [0.05, 0.1) is 22.5 Å². The van der Waals surface area contributed by atoms with E-state index in [4.69, 9.17) is 5.11 Å². The van der Waals surface area contributed by atoms with Gasteiger partial charge in [0.1, 0.15) is 11.6 Å². The van der Waals surface area contributed by atoms with Crippen molar-refractivity contribution in [2.75, 3.05) is 0 Å². The second-order valence-electron chi connectivity index (χ2n) is 7.36. The molecular formula is C22H15BrF4N2O4. The number of aromatic nitrogens is 2. The summed E-state index contributed by atoms with van der Waals surface area (Å²) >= 11 is 3.11. The van der Waals surface area contributed by atoms with E-state index < -0.39 is 29.8 Å². The molecule has 1 aromatic heterocycles. The van der Waals surface area contributed by atoms with E-state index in [1.54, 1.807) is 0 Å². The van der Waals surface area contributed by atoms with Crippen LogP contribution in [-0.4, -0.2) is 33.1 Å². The molecule has 0 saturated carbocycles. The minimum Gasteiger partial charge on any atom is -0.478 e. The predicted octanol–water partition coefficient (Wildman–Crippen LogP) is 5.62. The van der Waals surface area contributed by atoms with Crippen LogP contribution in [0.15, 0.2) is 40.9 Å². The Labute approximate surface area is 192 Å². The normalized spacial score (nSPS) is 13.5. The topological polar surface area (TPSA) is 81.4 Å². The summed E-state index contributed by atoms with van der Waals surface area (Å²) in [4.78, 5) is 24.5. The summed E-state index contributed by atoms with van der Waals surface area (Å²) in [6, 6.07) is 7.06. The van der Waals surface area contributed by atoms with E-state index in [1.165, 1.54) is 24.3 Å². The van der Waals surface area contributed by atoms with Crippen LogP contribution in [0.5, 0.6) is 5.75 Å². The van der Waals surface area contributed by atoms with Crippen LogP contribution in [0.1, 0.15) is 44.8 Å². The van der Waals surface area contributed by atoms with Crippen molar-refractivity contribution in [3.63, 3.8) is 0 Å². The summed E-state index contributed by atoms with van der Waals surface area (Å²) in [5.74, 6) is -3.69. The molecule has 172 valence electrons. The van der Waals surface area contributed by atoms with E-state index in [-0.39, 0.29) is 26.9 Å². The summed E-state index contributed by atoms with van der Waals surface area (Å²) in [5.41, 5.74) is 0.599. The van der Waals surface area contributed by atoms with Gasteiger partial charge in [-0.25, -0.2) is 9.18 Å². The highest BCUT2D eigenvalue weighted by atomic mass is 79.9. The molecule has 1 N–H and O–H groups in total. The average Bonchev–Trinajstić information content (AvgIpc) is 3.12. The molecule has 0 fully saturated rings. The molecule has 0 amide bonds. The average molecular weight is 527 g/mol. The van der Waals surface area contributed by atoms with Crippen molar-refractivity contribution in [2.45, 2.75) is 32.0 Å². The number of hydrogen-bond acceptors (Lipinski definition) is 4. The second kappa shape index (κ2) is 8.62. The van der Waals surface area contributed by atoms with Crippen LogP contribution in [-0.2, 0) is 12.8 Å². The number of benzene rings is 2. The van der Waals surface area contributed by atoms with Gasteiger partial charge in [-0.05, 0) is 71.9 Å². The van der Waals surface area contributed by atoms with Crippen LogP contribution in [0.3, 0.4) is 0 Å². The molecule has 0 unspecified atom stereocenters. The third-order valence-corrected chi connectivity index (χ3v) is 5.92. The highest BCUT2D eigenvalue weighted by molar-refractivity contribution is 9.10. The quantitative estimate of drug-likeness (QED) is 0.446. The lowest BCUT2D eigenvalue weighted by Gasteiger charge is -2.16. The molecule has 2 aromatic carbocycles. The number of nitrogens with zero attached hydrogens (tertiary/aromatic N) is 2. The fourth-order valence-corrected chi connectivity index (χ4v) is 4.37. The number of hydrogen-bond donors (Lipinski definition) is 1. The van der Waals surface area contributed by atoms with Crippen molar-refractivity contribution in [1.29, 1.82) is 0 Å². The summed E-state index contributed by atoms with van der Waals surface area (Å²) in [6.45, 7) is 0. The Bertz CT molecular complexity index is 1270. The van der Waals surface area contributed by atoms with Gasteiger partial charge in [0.15, 0.2) is 0 Å². The number of ether oxygens (including phenoxy) is 1. The van der Waals surface area contributed by atoms with Crippen molar-refractivity contribution in [3.8, 4) is 17.0 Å². The maximum atomic E-state index is 14.8. The Balaban J connectivity index is 1.86. The SMILES string of the molecule is O=C(O)c1ccc(-c2nn(C(=O)c3c(Br)cccc3OC(F)(F)F)c3c2CCCC3)c(F)c1. The molecule has 1 aliphatic rings. The first-order valence-electron chi connectivity index (χ1n) is 9.79. The predicted molar refractivity (Wildman–Crippen MR) is 112 cm³/mol. The molecule has 4 rings (SSSR count). The first kappa shape index (κ1) is 23.0. The lowest BCUT2D eigenvalue weighted by Crippen LogP contribution is -2.23. The smallest absolute Gasteiger partial charge is 0.478 e. The van der Waals surface area contributed by atoms with Crippen LogP contribution < -0.4 is 4.74 Å². The lowest BCUT2D eigenvalue weighted by atomic mass is 9.93. The molecule has 1 heterocycles. The molecule has 0 spiro atoms. The van der Waals surface area contributed by atoms with Crippen molar-refractivity contribution < 1.29 is 37.0 Å².